The molecule has 1 heterocycles. The number of rotatable bonds is 4. The fourth-order valence-electron chi connectivity index (χ4n) is 2.94. The summed E-state index contributed by atoms with van der Waals surface area (Å²) >= 11 is 1.41. The number of quaternary nitrogens is 1. The van der Waals surface area contributed by atoms with Crippen molar-refractivity contribution in [2.75, 3.05) is 38.5 Å². The molecule has 0 bridgehead atoms. The van der Waals surface area contributed by atoms with E-state index in [-0.39, 0.29) is 17.6 Å². The van der Waals surface area contributed by atoms with Crippen molar-refractivity contribution in [3.8, 4) is 0 Å². The summed E-state index contributed by atoms with van der Waals surface area (Å²) in [6, 6.07) is 11.5. The minimum Gasteiger partial charge on any atom is -0.334 e. The van der Waals surface area contributed by atoms with Gasteiger partial charge in [-0.15, -0.1) is 0 Å². The molecule has 0 spiro atoms. The molecule has 0 aliphatic carbocycles. The van der Waals surface area contributed by atoms with E-state index in [0.29, 0.717) is 11.3 Å². The first-order valence-corrected chi connectivity index (χ1v) is 9.69. The number of anilines is 1. The molecule has 1 aliphatic rings. The number of piperazine rings is 1. The predicted molar refractivity (Wildman–Crippen MR) is 104 cm³/mol. The largest absolute Gasteiger partial charge is 0.334 e. The second-order valence-electron chi connectivity index (χ2n) is 6.70. The Kier molecular flexibility index (Phi) is 6.13. The summed E-state index contributed by atoms with van der Waals surface area (Å²) in [4.78, 5) is 29.3. The Morgan fingerprint density at radius 2 is 1.78 bits per heavy atom. The minimum atomic E-state index is -0.295. The van der Waals surface area contributed by atoms with Gasteiger partial charge in [-0.1, -0.05) is 11.8 Å². The van der Waals surface area contributed by atoms with Gasteiger partial charge in [0.05, 0.1) is 38.9 Å². The molecular formula is C20H23FN3O2S+. The van der Waals surface area contributed by atoms with E-state index in [4.69, 9.17) is 0 Å². The molecule has 1 saturated heterocycles. The molecule has 0 aromatic heterocycles. The van der Waals surface area contributed by atoms with Crippen molar-refractivity contribution in [3.63, 3.8) is 0 Å². The number of nitrogens with one attached hydrogen (secondary N) is 2. The van der Waals surface area contributed by atoms with Crippen LogP contribution in [0.25, 0.3) is 0 Å². The quantitative estimate of drug-likeness (QED) is 0.841. The van der Waals surface area contributed by atoms with E-state index in [1.54, 1.807) is 24.3 Å². The molecule has 0 saturated carbocycles. The predicted octanol–water partition coefficient (Wildman–Crippen LogP) is 1.91. The van der Waals surface area contributed by atoms with E-state index < -0.39 is 0 Å². The van der Waals surface area contributed by atoms with E-state index in [9.17, 15) is 14.0 Å². The van der Waals surface area contributed by atoms with Gasteiger partial charge in [0.2, 0.25) is 5.91 Å². The highest BCUT2D eigenvalue weighted by Gasteiger charge is 2.23. The Hall–Kier alpha value is -2.38. The Morgan fingerprint density at radius 1 is 1.11 bits per heavy atom. The second kappa shape index (κ2) is 8.54. The molecule has 5 nitrogen and oxygen atoms in total. The van der Waals surface area contributed by atoms with Gasteiger partial charge in [0.25, 0.3) is 5.91 Å². The van der Waals surface area contributed by atoms with E-state index >= 15 is 0 Å². The van der Waals surface area contributed by atoms with Gasteiger partial charge in [0.1, 0.15) is 5.82 Å². The molecule has 27 heavy (non-hydrogen) atoms. The molecule has 0 radical (unpaired) electrons. The molecule has 2 amide bonds. The lowest BCUT2D eigenvalue weighted by Crippen LogP contribution is -3.12. The Labute approximate surface area is 162 Å². The van der Waals surface area contributed by atoms with E-state index in [1.165, 1.54) is 35.7 Å². The van der Waals surface area contributed by atoms with Crippen molar-refractivity contribution < 1.29 is 18.9 Å². The lowest BCUT2D eigenvalue weighted by atomic mass is 10.1. The summed E-state index contributed by atoms with van der Waals surface area (Å²) in [5, 5.41) is 2.80. The lowest BCUT2D eigenvalue weighted by molar-refractivity contribution is -0.883. The highest BCUT2D eigenvalue weighted by molar-refractivity contribution is 7.99. The van der Waals surface area contributed by atoms with Crippen LogP contribution in [0.15, 0.2) is 52.3 Å². The van der Waals surface area contributed by atoms with Gasteiger partial charge in [-0.3, -0.25) is 9.59 Å². The molecule has 2 aromatic rings. The second-order valence-corrected chi connectivity index (χ2v) is 7.81. The van der Waals surface area contributed by atoms with E-state index in [0.717, 1.165) is 36.0 Å². The fraction of sp³-hybridized carbons (Fsp3) is 0.300. The standard InChI is InChI=1S/C20H22FN3O2S/c1-14(25)22-18-13-15(20(26)24-11-9-23(2)10-12-24)3-8-19(18)27-17-6-4-16(21)5-7-17/h3-8,13H,9-12H2,1-2H3,(H,22,25)/p+1. The summed E-state index contributed by atoms with van der Waals surface area (Å²) in [5.41, 5.74) is 1.14. The first-order chi connectivity index (χ1) is 12.9. The van der Waals surface area contributed by atoms with Crippen LogP contribution < -0.4 is 10.2 Å². The number of amides is 2. The maximum absolute atomic E-state index is 13.1. The molecule has 142 valence electrons. The third-order valence-electron chi connectivity index (χ3n) is 4.48. The molecule has 0 atom stereocenters. The van der Waals surface area contributed by atoms with Crippen molar-refractivity contribution in [1.82, 2.24) is 4.90 Å². The van der Waals surface area contributed by atoms with Crippen LogP contribution in [0.1, 0.15) is 17.3 Å². The van der Waals surface area contributed by atoms with Crippen molar-refractivity contribution in [1.29, 1.82) is 0 Å². The van der Waals surface area contributed by atoms with Crippen LogP contribution in [-0.2, 0) is 4.79 Å². The zero-order chi connectivity index (χ0) is 19.4. The smallest absolute Gasteiger partial charge is 0.254 e. The van der Waals surface area contributed by atoms with Crippen LogP contribution in [0.3, 0.4) is 0 Å². The summed E-state index contributed by atoms with van der Waals surface area (Å²) in [6.45, 7) is 4.76. The normalized spacial score (nSPS) is 14.9. The first-order valence-electron chi connectivity index (χ1n) is 8.88. The van der Waals surface area contributed by atoms with E-state index in [2.05, 4.69) is 12.4 Å². The number of carbonyl (C=O) groups excluding carboxylic acids is 2. The van der Waals surface area contributed by atoms with Crippen LogP contribution >= 0.6 is 11.8 Å². The van der Waals surface area contributed by atoms with E-state index in [1.807, 2.05) is 11.0 Å². The molecule has 1 fully saturated rings. The lowest BCUT2D eigenvalue weighted by Gasteiger charge is -2.30. The molecule has 2 N–H and O–H groups in total. The highest BCUT2D eigenvalue weighted by atomic mass is 32.2. The van der Waals surface area contributed by atoms with Crippen LogP contribution in [-0.4, -0.2) is 49.9 Å². The Morgan fingerprint density at radius 3 is 2.41 bits per heavy atom. The van der Waals surface area contributed by atoms with Gasteiger partial charge in [0, 0.05) is 22.3 Å². The average Bonchev–Trinajstić information content (AvgIpc) is 2.64. The SMILES string of the molecule is CC(=O)Nc1cc(C(=O)N2CC[NH+](C)CC2)ccc1Sc1ccc(F)cc1. The Bertz CT molecular complexity index is 834. The number of hydrogen-bond donors (Lipinski definition) is 2. The number of halogens is 1. The molecule has 0 unspecified atom stereocenters. The third kappa shape index (κ3) is 5.08. The van der Waals surface area contributed by atoms with Crippen LogP contribution in [0.4, 0.5) is 10.1 Å². The Balaban J connectivity index is 1.83. The monoisotopic (exact) mass is 388 g/mol. The number of carbonyl (C=O) groups is 2. The molecular weight excluding hydrogens is 365 g/mol. The molecule has 3 rings (SSSR count). The van der Waals surface area contributed by atoms with Gasteiger partial charge in [-0.05, 0) is 42.5 Å². The first kappa shape index (κ1) is 19.4. The summed E-state index contributed by atoms with van der Waals surface area (Å²) in [5.74, 6) is -0.521. The average molecular weight is 388 g/mol. The maximum atomic E-state index is 13.1. The third-order valence-corrected chi connectivity index (χ3v) is 5.57. The van der Waals surface area contributed by atoms with Crippen molar-refractivity contribution in [3.05, 3.63) is 53.8 Å². The van der Waals surface area contributed by atoms with Crippen LogP contribution in [0.2, 0.25) is 0 Å². The zero-order valence-corrected chi connectivity index (χ0v) is 16.2. The molecule has 7 heteroatoms. The summed E-state index contributed by atoms with van der Waals surface area (Å²) < 4.78 is 13.1. The zero-order valence-electron chi connectivity index (χ0n) is 15.4. The fourth-order valence-corrected chi connectivity index (χ4v) is 3.83. The maximum Gasteiger partial charge on any atom is 0.254 e. The van der Waals surface area contributed by atoms with Crippen molar-refractivity contribution in [2.24, 2.45) is 0 Å². The van der Waals surface area contributed by atoms with Gasteiger partial charge < -0.3 is 15.1 Å². The number of nitrogens with zero attached hydrogens (tertiary/aromatic N) is 1. The number of likely N-dealkylation sites (N-methyl/N-ethyl adjacent to an activating group) is 1. The van der Waals surface area contributed by atoms with Crippen LogP contribution in [0.5, 0.6) is 0 Å². The molecule has 1 aliphatic heterocycles. The summed E-state index contributed by atoms with van der Waals surface area (Å²) in [6.07, 6.45) is 0. The number of hydrogen-bond acceptors (Lipinski definition) is 3. The number of benzene rings is 2. The van der Waals surface area contributed by atoms with Gasteiger partial charge in [0.15, 0.2) is 0 Å². The van der Waals surface area contributed by atoms with Gasteiger partial charge >= 0.3 is 0 Å². The van der Waals surface area contributed by atoms with Gasteiger partial charge in [-0.2, -0.15) is 0 Å². The summed E-state index contributed by atoms with van der Waals surface area (Å²) in [7, 11) is 2.12. The highest BCUT2D eigenvalue weighted by Crippen LogP contribution is 2.34. The van der Waals surface area contributed by atoms with Crippen LogP contribution in [0, 0.1) is 5.82 Å². The molecule has 2 aromatic carbocycles. The topological polar surface area (TPSA) is 53.9 Å². The van der Waals surface area contributed by atoms with Gasteiger partial charge in [-0.25, -0.2) is 4.39 Å². The minimum absolute atomic E-state index is 0.0209. The van der Waals surface area contributed by atoms with Crippen molar-refractivity contribution in [2.45, 2.75) is 16.7 Å². The van der Waals surface area contributed by atoms with Crippen molar-refractivity contribution >= 4 is 29.3 Å².